The van der Waals surface area contributed by atoms with Gasteiger partial charge in [-0.25, -0.2) is 0 Å². The van der Waals surface area contributed by atoms with Gasteiger partial charge in [0.25, 0.3) is 0 Å². The van der Waals surface area contributed by atoms with Crippen LogP contribution in [0, 0.1) is 6.92 Å². The SMILES string of the molecule is Cc1ccnc(CC(N)C(F)(F)F)c1. The molecule has 0 saturated carbocycles. The predicted molar refractivity (Wildman–Crippen MR) is 46.7 cm³/mol. The summed E-state index contributed by atoms with van der Waals surface area (Å²) in [4.78, 5) is 3.81. The molecule has 0 saturated heterocycles. The molecule has 1 unspecified atom stereocenters. The monoisotopic (exact) mass is 204 g/mol. The first kappa shape index (κ1) is 11.0. The van der Waals surface area contributed by atoms with Gasteiger partial charge in [-0.3, -0.25) is 4.98 Å². The van der Waals surface area contributed by atoms with Gasteiger partial charge in [-0.1, -0.05) is 0 Å². The van der Waals surface area contributed by atoms with Crippen LogP contribution in [0.5, 0.6) is 0 Å². The first-order chi connectivity index (χ1) is 6.39. The van der Waals surface area contributed by atoms with Crippen LogP contribution in [-0.2, 0) is 6.42 Å². The molecule has 0 aliphatic heterocycles. The van der Waals surface area contributed by atoms with Crippen LogP contribution in [0.2, 0.25) is 0 Å². The van der Waals surface area contributed by atoms with E-state index in [0.717, 1.165) is 5.56 Å². The zero-order valence-electron chi connectivity index (χ0n) is 7.67. The highest BCUT2D eigenvalue weighted by molar-refractivity contribution is 5.15. The topological polar surface area (TPSA) is 38.9 Å². The standard InChI is InChI=1S/C9H11F3N2/c1-6-2-3-14-7(4-6)5-8(13)9(10,11)12/h2-4,8H,5,13H2,1H3. The molecular formula is C9H11F3N2. The molecule has 1 aromatic heterocycles. The van der Waals surface area contributed by atoms with Crippen molar-refractivity contribution < 1.29 is 13.2 Å². The number of aromatic nitrogens is 1. The molecule has 1 atom stereocenters. The summed E-state index contributed by atoms with van der Waals surface area (Å²) < 4.78 is 36.2. The Morgan fingerprint density at radius 3 is 2.64 bits per heavy atom. The number of rotatable bonds is 2. The molecule has 0 fully saturated rings. The lowest BCUT2D eigenvalue weighted by Gasteiger charge is -2.14. The molecule has 0 aromatic carbocycles. The number of hydrogen-bond donors (Lipinski definition) is 1. The molecule has 0 amide bonds. The number of nitrogens with two attached hydrogens (primary N) is 1. The Labute approximate surface area is 79.9 Å². The number of hydrogen-bond acceptors (Lipinski definition) is 2. The van der Waals surface area contributed by atoms with Crippen LogP contribution in [-0.4, -0.2) is 17.2 Å². The largest absolute Gasteiger partial charge is 0.404 e. The third-order valence-electron chi connectivity index (χ3n) is 1.82. The van der Waals surface area contributed by atoms with Crippen molar-refractivity contribution in [3.8, 4) is 0 Å². The van der Waals surface area contributed by atoms with E-state index in [1.54, 1.807) is 19.1 Å². The van der Waals surface area contributed by atoms with E-state index < -0.39 is 12.2 Å². The van der Waals surface area contributed by atoms with Crippen molar-refractivity contribution in [3.63, 3.8) is 0 Å². The van der Waals surface area contributed by atoms with Crippen LogP contribution in [0.1, 0.15) is 11.3 Å². The average molecular weight is 204 g/mol. The van der Waals surface area contributed by atoms with Gasteiger partial charge in [0.15, 0.2) is 0 Å². The fourth-order valence-corrected chi connectivity index (χ4v) is 1.05. The minimum Gasteiger partial charge on any atom is -0.320 e. The van der Waals surface area contributed by atoms with E-state index in [2.05, 4.69) is 4.98 Å². The van der Waals surface area contributed by atoms with E-state index in [1.165, 1.54) is 6.20 Å². The lowest BCUT2D eigenvalue weighted by molar-refractivity contribution is -0.147. The minimum atomic E-state index is -4.36. The number of aryl methyl sites for hydroxylation is 1. The quantitative estimate of drug-likeness (QED) is 0.798. The Hall–Kier alpha value is -1.10. The van der Waals surface area contributed by atoms with E-state index in [1.807, 2.05) is 0 Å². The smallest absolute Gasteiger partial charge is 0.320 e. The highest BCUT2D eigenvalue weighted by atomic mass is 19.4. The summed E-state index contributed by atoms with van der Waals surface area (Å²) in [5, 5.41) is 0. The van der Waals surface area contributed by atoms with E-state index in [9.17, 15) is 13.2 Å². The molecule has 0 radical (unpaired) electrons. The van der Waals surface area contributed by atoms with Crippen LogP contribution >= 0.6 is 0 Å². The zero-order chi connectivity index (χ0) is 10.8. The van der Waals surface area contributed by atoms with Crippen molar-refractivity contribution in [2.45, 2.75) is 25.6 Å². The third-order valence-corrected chi connectivity index (χ3v) is 1.82. The Morgan fingerprint density at radius 1 is 1.50 bits per heavy atom. The van der Waals surface area contributed by atoms with Crippen LogP contribution in [0.25, 0.3) is 0 Å². The molecule has 14 heavy (non-hydrogen) atoms. The maximum atomic E-state index is 12.1. The second-order valence-corrected chi connectivity index (χ2v) is 3.18. The lowest BCUT2D eigenvalue weighted by atomic mass is 10.1. The van der Waals surface area contributed by atoms with Crippen molar-refractivity contribution in [2.24, 2.45) is 5.73 Å². The Bertz CT molecular complexity index is 309. The molecule has 0 aliphatic carbocycles. The molecule has 0 aliphatic rings. The number of pyridine rings is 1. The molecule has 5 heteroatoms. The number of nitrogens with zero attached hydrogens (tertiary/aromatic N) is 1. The summed E-state index contributed by atoms with van der Waals surface area (Å²) in [5.41, 5.74) is 6.22. The molecule has 0 bridgehead atoms. The van der Waals surface area contributed by atoms with Crippen molar-refractivity contribution in [1.29, 1.82) is 0 Å². The molecule has 1 rings (SSSR count). The molecule has 78 valence electrons. The van der Waals surface area contributed by atoms with Gasteiger partial charge in [0.2, 0.25) is 0 Å². The van der Waals surface area contributed by atoms with Gasteiger partial charge in [0.05, 0.1) is 0 Å². The second-order valence-electron chi connectivity index (χ2n) is 3.18. The normalized spacial score (nSPS) is 14.1. The van der Waals surface area contributed by atoms with Gasteiger partial charge in [-0.15, -0.1) is 0 Å². The number of alkyl halides is 3. The molecular weight excluding hydrogens is 193 g/mol. The maximum Gasteiger partial charge on any atom is 0.404 e. The van der Waals surface area contributed by atoms with Crippen LogP contribution in [0.3, 0.4) is 0 Å². The van der Waals surface area contributed by atoms with Gasteiger partial charge >= 0.3 is 6.18 Å². The maximum absolute atomic E-state index is 12.1. The van der Waals surface area contributed by atoms with Gasteiger partial charge in [-0.05, 0) is 24.6 Å². The van der Waals surface area contributed by atoms with Crippen LogP contribution < -0.4 is 5.73 Å². The molecule has 2 nitrogen and oxygen atoms in total. The first-order valence-electron chi connectivity index (χ1n) is 4.13. The fourth-order valence-electron chi connectivity index (χ4n) is 1.05. The molecule has 2 N–H and O–H groups in total. The van der Waals surface area contributed by atoms with Crippen molar-refractivity contribution in [3.05, 3.63) is 29.6 Å². The molecule has 0 spiro atoms. The summed E-state index contributed by atoms with van der Waals surface area (Å²) >= 11 is 0. The van der Waals surface area contributed by atoms with Gasteiger partial charge in [-0.2, -0.15) is 13.2 Å². The minimum absolute atomic E-state index is 0.273. The zero-order valence-corrected chi connectivity index (χ0v) is 7.67. The van der Waals surface area contributed by atoms with Crippen molar-refractivity contribution in [2.75, 3.05) is 0 Å². The number of halogens is 3. The van der Waals surface area contributed by atoms with Crippen LogP contribution in [0.15, 0.2) is 18.3 Å². The average Bonchev–Trinajstić information content (AvgIpc) is 2.02. The summed E-state index contributed by atoms with van der Waals surface area (Å²) in [6, 6.07) is 1.49. The summed E-state index contributed by atoms with van der Waals surface area (Å²) in [6.07, 6.45) is -3.15. The van der Waals surface area contributed by atoms with E-state index >= 15 is 0 Å². The predicted octanol–water partition coefficient (Wildman–Crippen LogP) is 1.82. The first-order valence-corrected chi connectivity index (χ1v) is 4.13. The highest BCUT2D eigenvalue weighted by Gasteiger charge is 2.36. The third kappa shape index (κ3) is 2.99. The van der Waals surface area contributed by atoms with E-state index in [0.29, 0.717) is 5.69 Å². The Balaban J connectivity index is 2.70. The fraction of sp³-hybridized carbons (Fsp3) is 0.444. The Morgan fingerprint density at radius 2 is 2.14 bits per heavy atom. The second kappa shape index (κ2) is 3.96. The van der Waals surface area contributed by atoms with Crippen LogP contribution in [0.4, 0.5) is 13.2 Å². The Kier molecular flexibility index (Phi) is 3.10. The van der Waals surface area contributed by atoms with Gasteiger partial charge < -0.3 is 5.73 Å². The van der Waals surface area contributed by atoms with Gasteiger partial charge in [0, 0.05) is 18.3 Å². The summed E-state index contributed by atoms with van der Waals surface area (Å²) in [6.45, 7) is 1.80. The van der Waals surface area contributed by atoms with Crippen molar-refractivity contribution >= 4 is 0 Å². The summed E-state index contributed by atoms with van der Waals surface area (Å²) in [5.74, 6) is 0. The van der Waals surface area contributed by atoms with E-state index in [4.69, 9.17) is 5.73 Å². The molecule has 1 heterocycles. The van der Waals surface area contributed by atoms with E-state index in [-0.39, 0.29) is 6.42 Å². The molecule has 1 aromatic rings. The van der Waals surface area contributed by atoms with Gasteiger partial charge in [0.1, 0.15) is 6.04 Å². The summed E-state index contributed by atoms with van der Waals surface area (Å²) in [7, 11) is 0. The lowest BCUT2D eigenvalue weighted by Crippen LogP contribution is -2.39. The highest BCUT2D eigenvalue weighted by Crippen LogP contribution is 2.20. The van der Waals surface area contributed by atoms with Crippen molar-refractivity contribution in [1.82, 2.24) is 4.98 Å².